The van der Waals surface area contributed by atoms with E-state index >= 15 is 0 Å². The number of likely N-dealkylation sites (N-methyl/N-ethyl adjacent to an activating group) is 1. The Hall–Kier alpha value is -1.87. The zero-order valence-electron chi connectivity index (χ0n) is 26.9. The quantitative estimate of drug-likeness (QED) is 0.0668. The number of aldehydes is 1. The predicted octanol–water partition coefficient (Wildman–Crippen LogP) is 4.54. The fourth-order valence-electron chi connectivity index (χ4n) is 8.37. The molecule has 242 valence electrons. The van der Waals surface area contributed by atoms with Crippen molar-refractivity contribution in [2.75, 3.05) is 39.9 Å². The fraction of sp³-hybridized carbons (Fsp3) is 0.694. The van der Waals surface area contributed by atoms with E-state index in [9.17, 15) is 25.2 Å². The van der Waals surface area contributed by atoms with Crippen molar-refractivity contribution in [2.24, 2.45) is 23.2 Å². The SMILES string of the molecule is C=C(/C=C/C=C(/CO)[C@@H]1CC[C@]2([C@@H]1O)[C@@H](CCCO)/C(=C(/C)C=O)CC[C@]2(O)CCNC)C[C@H]1C=C(CNCC)CCC1. The number of carbonyl (C=O) groups is 1. The van der Waals surface area contributed by atoms with Crippen LogP contribution in [-0.4, -0.2) is 78.3 Å². The molecular weight excluding hydrogens is 540 g/mol. The normalized spacial score (nSPS) is 32.8. The smallest absolute Gasteiger partial charge is 0.145 e. The summed E-state index contributed by atoms with van der Waals surface area (Å²) in [7, 11) is 1.86. The second-order valence-electron chi connectivity index (χ2n) is 13.1. The van der Waals surface area contributed by atoms with E-state index in [0.29, 0.717) is 63.0 Å². The second kappa shape index (κ2) is 17.0. The summed E-state index contributed by atoms with van der Waals surface area (Å²) in [6, 6.07) is 0. The van der Waals surface area contributed by atoms with Gasteiger partial charge in [0.25, 0.3) is 0 Å². The van der Waals surface area contributed by atoms with Gasteiger partial charge in [-0.05, 0) is 121 Å². The van der Waals surface area contributed by atoms with Crippen LogP contribution >= 0.6 is 0 Å². The lowest BCUT2D eigenvalue weighted by Gasteiger charge is -2.57. The van der Waals surface area contributed by atoms with Gasteiger partial charge >= 0.3 is 0 Å². The van der Waals surface area contributed by atoms with Crippen molar-refractivity contribution in [2.45, 2.75) is 96.2 Å². The average molecular weight is 599 g/mol. The summed E-state index contributed by atoms with van der Waals surface area (Å²) in [5, 5.41) is 51.3. The summed E-state index contributed by atoms with van der Waals surface area (Å²) in [6.07, 6.45) is 16.6. The first-order valence-electron chi connectivity index (χ1n) is 16.6. The molecule has 7 heteroatoms. The highest BCUT2D eigenvalue weighted by molar-refractivity contribution is 5.74. The van der Waals surface area contributed by atoms with Gasteiger partial charge in [0.15, 0.2) is 0 Å². The van der Waals surface area contributed by atoms with E-state index in [1.54, 1.807) is 0 Å². The van der Waals surface area contributed by atoms with Crippen LogP contribution in [0.2, 0.25) is 0 Å². The summed E-state index contributed by atoms with van der Waals surface area (Å²) in [5.41, 5.74) is 2.92. The van der Waals surface area contributed by atoms with E-state index in [2.05, 4.69) is 30.2 Å². The van der Waals surface area contributed by atoms with Gasteiger partial charge in [-0.2, -0.15) is 0 Å². The van der Waals surface area contributed by atoms with Gasteiger partial charge in [0.2, 0.25) is 0 Å². The maximum absolute atomic E-state index is 12.3. The van der Waals surface area contributed by atoms with E-state index in [-0.39, 0.29) is 25.0 Å². The Morgan fingerprint density at radius 1 is 1.21 bits per heavy atom. The van der Waals surface area contributed by atoms with E-state index in [1.807, 2.05) is 32.2 Å². The molecule has 0 amide bonds. The van der Waals surface area contributed by atoms with Crippen molar-refractivity contribution >= 4 is 6.29 Å². The summed E-state index contributed by atoms with van der Waals surface area (Å²) in [4.78, 5) is 11.9. The Labute approximate surface area is 259 Å². The molecular formula is C36H58N2O5. The molecule has 0 saturated heterocycles. The number of rotatable bonds is 16. The first-order chi connectivity index (χ1) is 20.7. The zero-order valence-corrected chi connectivity index (χ0v) is 26.9. The minimum atomic E-state index is -1.14. The monoisotopic (exact) mass is 598 g/mol. The van der Waals surface area contributed by atoms with Gasteiger partial charge in [0.1, 0.15) is 6.29 Å². The van der Waals surface area contributed by atoms with Crippen LogP contribution in [0.3, 0.4) is 0 Å². The molecule has 0 unspecified atom stereocenters. The molecule has 6 N–H and O–H groups in total. The third-order valence-electron chi connectivity index (χ3n) is 10.6. The van der Waals surface area contributed by atoms with Crippen molar-refractivity contribution in [1.29, 1.82) is 0 Å². The Balaban J connectivity index is 1.86. The van der Waals surface area contributed by atoms with Crippen LogP contribution in [-0.2, 0) is 4.79 Å². The lowest BCUT2D eigenvalue weighted by atomic mass is 9.51. The predicted molar refractivity (Wildman–Crippen MR) is 174 cm³/mol. The van der Waals surface area contributed by atoms with E-state index in [0.717, 1.165) is 48.9 Å². The lowest BCUT2D eigenvalue weighted by Crippen LogP contribution is -2.61. The molecule has 43 heavy (non-hydrogen) atoms. The molecule has 1 spiro atoms. The molecule has 0 bridgehead atoms. The Bertz CT molecular complexity index is 1060. The highest BCUT2D eigenvalue weighted by Gasteiger charge is 2.65. The average Bonchev–Trinajstić information content (AvgIpc) is 3.35. The van der Waals surface area contributed by atoms with Gasteiger partial charge in [-0.3, -0.25) is 4.79 Å². The largest absolute Gasteiger partial charge is 0.396 e. The van der Waals surface area contributed by atoms with Crippen LogP contribution in [0.25, 0.3) is 0 Å². The number of nitrogens with one attached hydrogen (secondary N) is 2. The Kier molecular flexibility index (Phi) is 14.1. The van der Waals surface area contributed by atoms with Crippen LogP contribution in [0.5, 0.6) is 0 Å². The van der Waals surface area contributed by atoms with Gasteiger partial charge in [0.05, 0.1) is 18.3 Å². The molecule has 3 rings (SSSR count). The highest BCUT2D eigenvalue weighted by Crippen LogP contribution is 2.63. The molecule has 0 radical (unpaired) electrons. The molecule has 7 nitrogen and oxygen atoms in total. The zero-order chi connectivity index (χ0) is 31.5. The summed E-state index contributed by atoms with van der Waals surface area (Å²) < 4.78 is 0. The number of aliphatic hydroxyl groups is 4. The number of carbonyl (C=O) groups excluding carboxylic acids is 1. The summed E-state index contributed by atoms with van der Waals surface area (Å²) in [5.74, 6) is -0.0463. The Morgan fingerprint density at radius 2 is 2.00 bits per heavy atom. The van der Waals surface area contributed by atoms with Crippen molar-refractivity contribution in [3.63, 3.8) is 0 Å². The molecule has 0 aromatic heterocycles. The van der Waals surface area contributed by atoms with Crippen molar-refractivity contribution in [3.05, 3.63) is 58.7 Å². The van der Waals surface area contributed by atoms with Crippen LogP contribution in [0.4, 0.5) is 0 Å². The lowest BCUT2D eigenvalue weighted by molar-refractivity contribution is -0.180. The fourth-order valence-corrected chi connectivity index (χ4v) is 8.37. The standard InChI is InChI=1S/C36H58N2O5/c1-5-38-23-29-11-7-10-28(22-29)21-26(2)9-6-12-30(25-41)32-15-17-36(34(32)42)33(13-8-20-39)31(27(3)24-40)14-16-35(36,43)18-19-37-4/h6,9,12,22,24,28,32-34,37-39,41-43H,2,5,7-8,10-11,13-21,23,25H2,1,3-4H3/b9-6+,30-12-,31-27-/t28-,32-,33-,34+,35-,36+/m0/s1. The topological polar surface area (TPSA) is 122 Å². The number of hydrogen-bond donors (Lipinski definition) is 6. The maximum atomic E-state index is 12.3. The van der Waals surface area contributed by atoms with Crippen LogP contribution in [0.1, 0.15) is 84.5 Å². The molecule has 6 atom stereocenters. The van der Waals surface area contributed by atoms with Gasteiger partial charge in [0, 0.05) is 24.5 Å². The van der Waals surface area contributed by atoms with E-state index in [4.69, 9.17) is 0 Å². The molecule has 0 aromatic rings. The number of hydrogen-bond acceptors (Lipinski definition) is 7. The molecule has 2 fully saturated rings. The van der Waals surface area contributed by atoms with Crippen molar-refractivity contribution in [3.8, 4) is 0 Å². The second-order valence-corrected chi connectivity index (χ2v) is 13.1. The van der Waals surface area contributed by atoms with Crippen molar-refractivity contribution in [1.82, 2.24) is 10.6 Å². The third-order valence-corrected chi connectivity index (χ3v) is 10.6. The number of aliphatic hydroxyl groups excluding tert-OH is 3. The summed E-state index contributed by atoms with van der Waals surface area (Å²) in [6.45, 7) is 10.6. The molecule has 3 aliphatic carbocycles. The molecule has 2 saturated carbocycles. The van der Waals surface area contributed by atoms with Gasteiger partial charge in [-0.15, -0.1) is 0 Å². The molecule has 0 heterocycles. The van der Waals surface area contributed by atoms with Gasteiger partial charge < -0.3 is 31.1 Å². The van der Waals surface area contributed by atoms with E-state index < -0.39 is 17.1 Å². The molecule has 3 aliphatic rings. The third kappa shape index (κ3) is 8.24. The van der Waals surface area contributed by atoms with Crippen molar-refractivity contribution < 1.29 is 25.2 Å². The first kappa shape index (κ1) is 35.6. The molecule has 0 aliphatic heterocycles. The highest BCUT2D eigenvalue weighted by atomic mass is 16.3. The Morgan fingerprint density at radius 3 is 2.67 bits per heavy atom. The minimum Gasteiger partial charge on any atom is -0.396 e. The molecule has 0 aromatic carbocycles. The first-order valence-corrected chi connectivity index (χ1v) is 16.6. The summed E-state index contributed by atoms with van der Waals surface area (Å²) >= 11 is 0. The van der Waals surface area contributed by atoms with Crippen LogP contribution in [0.15, 0.2) is 58.7 Å². The number of allylic oxidation sites excluding steroid dienone is 7. The van der Waals surface area contributed by atoms with E-state index in [1.165, 1.54) is 18.4 Å². The van der Waals surface area contributed by atoms with Crippen LogP contribution < -0.4 is 10.6 Å². The van der Waals surface area contributed by atoms with Gasteiger partial charge in [-0.25, -0.2) is 0 Å². The van der Waals surface area contributed by atoms with Gasteiger partial charge in [-0.1, -0.05) is 54.5 Å². The minimum absolute atomic E-state index is 0.0124. The maximum Gasteiger partial charge on any atom is 0.145 e. The van der Waals surface area contributed by atoms with Crippen LogP contribution in [0, 0.1) is 23.2 Å².